The molecule has 0 radical (unpaired) electrons. The number of amides is 1. The average Bonchev–Trinajstić information content (AvgIpc) is 3.00. The quantitative estimate of drug-likeness (QED) is 0.832. The maximum absolute atomic E-state index is 12.3. The number of para-hydroxylation sites is 2. The van der Waals surface area contributed by atoms with Gasteiger partial charge in [0.1, 0.15) is 5.82 Å². The lowest BCUT2D eigenvalue weighted by molar-refractivity contribution is -0.122. The summed E-state index contributed by atoms with van der Waals surface area (Å²) in [6.45, 7) is 11.0. The van der Waals surface area contributed by atoms with E-state index < -0.39 is 0 Å². The molecule has 0 spiro atoms. The molecule has 2 aromatic rings. The molecular formula is C20H30N4O2. The van der Waals surface area contributed by atoms with Crippen LogP contribution in [-0.4, -0.2) is 58.2 Å². The molecule has 1 fully saturated rings. The smallest absolute Gasteiger partial charge is 0.220 e. The maximum atomic E-state index is 12.3. The average molecular weight is 358 g/mol. The van der Waals surface area contributed by atoms with Crippen molar-refractivity contribution in [1.29, 1.82) is 0 Å². The summed E-state index contributed by atoms with van der Waals surface area (Å²) >= 11 is 0. The van der Waals surface area contributed by atoms with E-state index in [2.05, 4.69) is 47.9 Å². The van der Waals surface area contributed by atoms with Gasteiger partial charge in [-0.15, -0.1) is 0 Å². The molecule has 0 saturated carbocycles. The Morgan fingerprint density at radius 2 is 2.00 bits per heavy atom. The van der Waals surface area contributed by atoms with Crippen molar-refractivity contribution in [2.24, 2.45) is 0 Å². The summed E-state index contributed by atoms with van der Waals surface area (Å²) in [5.74, 6) is 0.921. The van der Waals surface area contributed by atoms with E-state index in [9.17, 15) is 4.79 Å². The normalized spacial score (nSPS) is 21.8. The van der Waals surface area contributed by atoms with Crippen molar-refractivity contribution in [2.45, 2.75) is 58.3 Å². The Balaban J connectivity index is 1.48. The van der Waals surface area contributed by atoms with Gasteiger partial charge >= 0.3 is 0 Å². The lowest BCUT2D eigenvalue weighted by atomic mass is 10.00. The van der Waals surface area contributed by atoms with Crippen LogP contribution in [0.3, 0.4) is 0 Å². The first-order valence-corrected chi connectivity index (χ1v) is 9.44. The summed E-state index contributed by atoms with van der Waals surface area (Å²) in [6.07, 6.45) is 1.50. The first-order valence-electron chi connectivity index (χ1n) is 9.44. The molecule has 6 heteroatoms. The minimum atomic E-state index is -0.0959. The van der Waals surface area contributed by atoms with Crippen molar-refractivity contribution in [3.8, 4) is 0 Å². The Hall–Kier alpha value is -1.92. The number of rotatable bonds is 6. The summed E-state index contributed by atoms with van der Waals surface area (Å²) in [5.41, 5.74) is 1.86. The molecule has 26 heavy (non-hydrogen) atoms. The standard InChI is InChI=1S/C20H30N4O2/c1-14-11-24(12-15(2)26-14)20(3,4)13-21-19(25)10-9-18-22-16-7-5-6-8-17(16)23-18/h5-8,14-15H,9-13H2,1-4H3,(H,21,25)(H,22,23)/t14-,15-/m0/s1. The number of aromatic nitrogens is 2. The summed E-state index contributed by atoms with van der Waals surface area (Å²) in [7, 11) is 0. The topological polar surface area (TPSA) is 70.2 Å². The molecule has 3 rings (SSSR count). The second kappa shape index (κ2) is 7.76. The van der Waals surface area contributed by atoms with Crippen LogP contribution in [0.15, 0.2) is 24.3 Å². The molecule has 0 aliphatic carbocycles. The van der Waals surface area contributed by atoms with Crippen LogP contribution in [0.5, 0.6) is 0 Å². The number of aryl methyl sites for hydroxylation is 1. The molecule has 0 bridgehead atoms. The van der Waals surface area contributed by atoms with Gasteiger partial charge in [0.2, 0.25) is 5.91 Å². The summed E-state index contributed by atoms with van der Waals surface area (Å²) in [5, 5.41) is 3.09. The molecule has 1 aromatic heterocycles. The van der Waals surface area contributed by atoms with E-state index in [-0.39, 0.29) is 23.7 Å². The molecule has 1 aromatic carbocycles. The highest BCUT2D eigenvalue weighted by Crippen LogP contribution is 2.20. The van der Waals surface area contributed by atoms with Crippen molar-refractivity contribution >= 4 is 16.9 Å². The van der Waals surface area contributed by atoms with Crippen LogP contribution in [0, 0.1) is 0 Å². The van der Waals surface area contributed by atoms with Gasteiger partial charge in [0.25, 0.3) is 0 Å². The molecule has 2 heterocycles. The Morgan fingerprint density at radius 3 is 2.69 bits per heavy atom. The number of ether oxygens (including phenoxy) is 1. The zero-order valence-electron chi connectivity index (χ0n) is 16.2. The van der Waals surface area contributed by atoms with Crippen LogP contribution in [-0.2, 0) is 16.0 Å². The van der Waals surface area contributed by atoms with Crippen LogP contribution in [0.1, 0.15) is 39.9 Å². The third kappa shape index (κ3) is 4.62. The van der Waals surface area contributed by atoms with E-state index in [1.807, 2.05) is 24.3 Å². The Labute approximate surface area is 155 Å². The van der Waals surface area contributed by atoms with Gasteiger partial charge in [0.15, 0.2) is 0 Å². The van der Waals surface area contributed by atoms with Gasteiger partial charge in [-0.1, -0.05) is 12.1 Å². The number of H-pyrrole nitrogens is 1. The monoisotopic (exact) mass is 358 g/mol. The fourth-order valence-corrected chi connectivity index (χ4v) is 3.54. The van der Waals surface area contributed by atoms with Crippen LogP contribution in [0.4, 0.5) is 0 Å². The molecule has 142 valence electrons. The summed E-state index contributed by atoms with van der Waals surface area (Å²) in [4.78, 5) is 22.5. The SMILES string of the molecule is C[C@H]1CN(C(C)(C)CNC(=O)CCc2nc3ccccc3[nH]2)C[C@H](C)O1. The zero-order chi connectivity index (χ0) is 18.7. The van der Waals surface area contributed by atoms with Gasteiger partial charge in [0, 0.05) is 38.0 Å². The zero-order valence-corrected chi connectivity index (χ0v) is 16.2. The van der Waals surface area contributed by atoms with Crippen LogP contribution >= 0.6 is 0 Å². The number of fused-ring (bicyclic) bond motifs is 1. The van der Waals surface area contributed by atoms with Gasteiger partial charge in [-0.25, -0.2) is 4.98 Å². The number of aromatic amines is 1. The van der Waals surface area contributed by atoms with Gasteiger partial charge < -0.3 is 15.0 Å². The number of carbonyl (C=O) groups is 1. The number of nitrogens with one attached hydrogen (secondary N) is 2. The number of morpholine rings is 1. The number of benzene rings is 1. The van der Waals surface area contributed by atoms with Crippen LogP contribution in [0.25, 0.3) is 11.0 Å². The molecule has 2 atom stereocenters. The highest BCUT2D eigenvalue weighted by Gasteiger charge is 2.33. The highest BCUT2D eigenvalue weighted by atomic mass is 16.5. The van der Waals surface area contributed by atoms with Gasteiger partial charge in [-0.05, 0) is 39.8 Å². The first-order chi connectivity index (χ1) is 12.3. The van der Waals surface area contributed by atoms with Gasteiger partial charge in [-0.2, -0.15) is 0 Å². The number of nitrogens with zero attached hydrogens (tertiary/aromatic N) is 2. The molecule has 1 amide bonds. The minimum absolute atomic E-state index is 0.0629. The predicted octanol–water partition coefficient (Wildman–Crippen LogP) is 2.50. The number of imidazole rings is 1. The van der Waals surface area contributed by atoms with Crippen molar-refractivity contribution < 1.29 is 9.53 Å². The predicted molar refractivity (Wildman–Crippen MR) is 103 cm³/mol. The van der Waals surface area contributed by atoms with E-state index in [4.69, 9.17) is 4.74 Å². The van der Waals surface area contributed by atoms with Crippen molar-refractivity contribution in [3.05, 3.63) is 30.1 Å². The summed E-state index contributed by atoms with van der Waals surface area (Å²) < 4.78 is 5.81. The van der Waals surface area contributed by atoms with E-state index in [0.29, 0.717) is 19.4 Å². The molecule has 6 nitrogen and oxygen atoms in total. The largest absolute Gasteiger partial charge is 0.373 e. The third-order valence-corrected chi connectivity index (χ3v) is 5.02. The molecule has 1 aliphatic rings. The van der Waals surface area contributed by atoms with E-state index in [1.54, 1.807) is 0 Å². The fourth-order valence-electron chi connectivity index (χ4n) is 3.54. The highest BCUT2D eigenvalue weighted by molar-refractivity contribution is 5.77. The second-order valence-corrected chi connectivity index (χ2v) is 7.95. The van der Waals surface area contributed by atoms with Crippen LogP contribution in [0.2, 0.25) is 0 Å². The molecule has 1 aliphatic heterocycles. The van der Waals surface area contributed by atoms with Crippen molar-refractivity contribution in [3.63, 3.8) is 0 Å². The molecular weight excluding hydrogens is 328 g/mol. The van der Waals surface area contributed by atoms with E-state index in [1.165, 1.54) is 0 Å². The molecule has 2 N–H and O–H groups in total. The first kappa shape index (κ1) is 18.9. The Morgan fingerprint density at radius 1 is 1.31 bits per heavy atom. The Kier molecular flexibility index (Phi) is 5.63. The van der Waals surface area contributed by atoms with E-state index in [0.717, 1.165) is 29.9 Å². The lowest BCUT2D eigenvalue weighted by Gasteiger charge is -2.45. The number of hydrogen-bond acceptors (Lipinski definition) is 4. The van der Waals surface area contributed by atoms with E-state index >= 15 is 0 Å². The molecule has 0 unspecified atom stereocenters. The van der Waals surface area contributed by atoms with Gasteiger partial charge in [-0.3, -0.25) is 9.69 Å². The third-order valence-electron chi connectivity index (χ3n) is 5.02. The second-order valence-electron chi connectivity index (χ2n) is 7.95. The maximum Gasteiger partial charge on any atom is 0.220 e. The van der Waals surface area contributed by atoms with Crippen molar-refractivity contribution in [2.75, 3.05) is 19.6 Å². The number of carbonyl (C=O) groups excluding carboxylic acids is 1. The van der Waals surface area contributed by atoms with Crippen LogP contribution < -0.4 is 5.32 Å². The van der Waals surface area contributed by atoms with Crippen molar-refractivity contribution in [1.82, 2.24) is 20.2 Å². The number of hydrogen-bond donors (Lipinski definition) is 2. The Bertz CT molecular complexity index is 712. The van der Waals surface area contributed by atoms with Gasteiger partial charge in [0.05, 0.1) is 23.2 Å². The summed E-state index contributed by atoms with van der Waals surface area (Å²) in [6, 6.07) is 7.92. The lowest BCUT2D eigenvalue weighted by Crippen LogP contribution is -2.58. The molecule has 1 saturated heterocycles. The fraction of sp³-hybridized carbons (Fsp3) is 0.600. The minimum Gasteiger partial charge on any atom is -0.373 e.